The Bertz CT molecular complexity index is 623. The van der Waals surface area contributed by atoms with Crippen LogP contribution in [-0.2, 0) is 13.6 Å². The molecule has 0 aromatic carbocycles. The molecule has 0 saturated heterocycles. The molecule has 0 aliphatic carbocycles. The van der Waals surface area contributed by atoms with Gasteiger partial charge in [0.2, 0.25) is 0 Å². The van der Waals surface area contributed by atoms with Gasteiger partial charge in [-0.15, -0.1) is 0 Å². The van der Waals surface area contributed by atoms with Crippen molar-refractivity contribution in [3.8, 4) is 0 Å². The number of hydrogen-bond acceptors (Lipinski definition) is 4. The number of carbonyl (C=O) groups is 1. The number of nitrogen functional groups attached to an aromatic ring is 1. The highest BCUT2D eigenvalue weighted by molar-refractivity contribution is 6.33. The van der Waals surface area contributed by atoms with Crippen LogP contribution in [-0.4, -0.2) is 20.7 Å². The largest absolute Gasteiger partial charge is 0.382 e. The van der Waals surface area contributed by atoms with Gasteiger partial charge in [-0.2, -0.15) is 5.10 Å². The molecule has 2 rings (SSSR count). The number of anilines is 1. The summed E-state index contributed by atoms with van der Waals surface area (Å²) in [6.45, 7) is 2.30. The molecule has 0 aliphatic rings. The van der Waals surface area contributed by atoms with Crippen LogP contribution in [0.4, 0.5) is 5.82 Å². The zero-order valence-electron chi connectivity index (χ0n) is 10.6. The molecule has 100 valence electrons. The minimum Gasteiger partial charge on any atom is -0.382 e. The number of nitrogens with one attached hydrogen (secondary N) is 1. The number of nitrogens with two attached hydrogens (primary N) is 1. The highest BCUT2D eigenvalue weighted by Gasteiger charge is 2.10. The number of aromatic nitrogens is 3. The smallest absolute Gasteiger partial charge is 0.253 e. The molecule has 0 atom stereocenters. The van der Waals surface area contributed by atoms with E-state index in [9.17, 15) is 4.79 Å². The van der Waals surface area contributed by atoms with E-state index in [4.69, 9.17) is 17.3 Å². The molecule has 0 unspecified atom stereocenters. The Morgan fingerprint density at radius 1 is 1.58 bits per heavy atom. The van der Waals surface area contributed by atoms with Crippen molar-refractivity contribution < 1.29 is 4.79 Å². The lowest BCUT2D eigenvalue weighted by atomic mass is 10.2. The molecule has 3 N–H and O–H groups in total. The zero-order valence-corrected chi connectivity index (χ0v) is 11.4. The highest BCUT2D eigenvalue weighted by atomic mass is 35.5. The minimum atomic E-state index is -0.252. The van der Waals surface area contributed by atoms with Gasteiger partial charge in [-0.05, 0) is 13.0 Å². The van der Waals surface area contributed by atoms with E-state index in [0.29, 0.717) is 12.1 Å². The van der Waals surface area contributed by atoms with E-state index in [1.54, 1.807) is 4.68 Å². The molecule has 2 aromatic rings. The van der Waals surface area contributed by atoms with Gasteiger partial charge in [0.1, 0.15) is 5.82 Å². The Morgan fingerprint density at radius 3 is 2.89 bits per heavy atom. The second kappa shape index (κ2) is 5.27. The first-order valence-electron chi connectivity index (χ1n) is 5.65. The topological polar surface area (TPSA) is 85.8 Å². The first-order valence-corrected chi connectivity index (χ1v) is 6.03. The molecule has 19 heavy (non-hydrogen) atoms. The van der Waals surface area contributed by atoms with Crippen molar-refractivity contribution in [2.24, 2.45) is 7.05 Å². The molecule has 1 amide bonds. The fourth-order valence-corrected chi connectivity index (χ4v) is 1.84. The molecule has 0 radical (unpaired) electrons. The molecule has 0 spiro atoms. The fraction of sp³-hybridized carbons (Fsp3) is 0.250. The van der Waals surface area contributed by atoms with Gasteiger partial charge in [0, 0.05) is 31.5 Å². The number of aryl methyl sites for hydroxylation is 2. The maximum atomic E-state index is 11.9. The van der Waals surface area contributed by atoms with Gasteiger partial charge in [-0.3, -0.25) is 9.48 Å². The Labute approximate surface area is 115 Å². The standard InChI is InChI=1S/C12H14ClN5O/c1-7-9(6-18(2)17-7)5-16-12(19)8-3-10(13)11(14)15-4-8/h3-4,6H,5H2,1-2H3,(H2,14,15)(H,16,19). The lowest BCUT2D eigenvalue weighted by molar-refractivity contribution is 0.0950. The third kappa shape index (κ3) is 3.03. The van der Waals surface area contributed by atoms with Crippen LogP contribution in [0.3, 0.4) is 0 Å². The second-order valence-corrected chi connectivity index (χ2v) is 4.59. The SMILES string of the molecule is Cc1nn(C)cc1CNC(=O)c1cnc(N)c(Cl)c1. The molecule has 0 bridgehead atoms. The van der Waals surface area contributed by atoms with Crippen LogP contribution >= 0.6 is 11.6 Å². The Morgan fingerprint density at radius 2 is 2.32 bits per heavy atom. The molecular weight excluding hydrogens is 266 g/mol. The van der Waals surface area contributed by atoms with Crippen LogP contribution in [0.15, 0.2) is 18.5 Å². The van der Waals surface area contributed by atoms with E-state index in [2.05, 4.69) is 15.4 Å². The van der Waals surface area contributed by atoms with Crippen LogP contribution in [0.2, 0.25) is 5.02 Å². The summed E-state index contributed by atoms with van der Waals surface area (Å²) in [5.41, 5.74) is 7.72. The number of rotatable bonds is 3. The Kier molecular flexibility index (Phi) is 3.71. The summed E-state index contributed by atoms with van der Waals surface area (Å²) in [7, 11) is 1.84. The Balaban J connectivity index is 2.05. The van der Waals surface area contributed by atoms with Crippen LogP contribution in [0, 0.1) is 6.92 Å². The van der Waals surface area contributed by atoms with Crippen LogP contribution in [0.5, 0.6) is 0 Å². The van der Waals surface area contributed by atoms with E-state index >= 15 is 0 Å². The van der Waals surface area contributed by atoms with Gasteiger partial charge >= 0.3 is 0 Å². The minimum absolute atomic E-state index is 0.210. The molecule has 0 saturated carbocycles. The van der Waals surface area contributed by atoms with Gasteiger partial charge in [0.15, 0.2) is 0 Å². The number of nitrogens with zero attached hydrogens (tertiary/aromatic N) is 3. The fourth-order valence-electron chi connectivity index (χ4n) is 1.67. The van der Waals surface area contributed by atoms with Gasteiger partial charge < -0.3 is 11.1 Å². The Hall–Kier alpha value is -2.08. The van der Waals surface area contributed by atoms with E-state index in [-0.39, 0.29) is 16.7 Å². The molecule has 2 aromatic heterocycles. The predicted molar refractivity (Wildman–Crippen MR) is 72.8 cm³/mol. The average Bonchev–Trinajstić information content (AvgIpc) is 2.68. The lowest BCUT2D eigenvalue weighted by Crippen LogP contribution is -2.23. The summed E-state index contributed by atoms with van der Waals surface area (Å²) in [6, 6.07) is 1.50. The van der Waals surface area contributed by atoms with Crippen molar-refractivity contribution in [3.05, 3.63) is 40.3 Å². The van der Waals surface area contributed by atoms with Crippen molar-refractivity contribution in [1.29, 1.82) is 0 Å². The monoisotopic (exact) mass is 279 g/mol. The lowest BCUT2D eigenvalue weighted by Gasteiger charge is -2.05. The van der Waals surface area contributed by atoms with Gasteiger partial charge in [-0.25, -0.2) is 4.98 Å². The first kappa shape index (κ1) is 13.4. The van der Waals surface area contributed by atoms with Crippen molar-refractivity contribution in [2.45, 2.75) is 13.5 Å². The van der Waals surface area contributed by atoms with Crippen LogP contribution < -0.4 is 11.1 Å². The molecule has 7 heteroatoms. The molecule has 0 aliphatic heterocycles. The van der Waals surface area contributed by atoms with Crippen LogP contribution in [0.25, 0.3) is 0 Å². The van der Waals surface area contributed by atoms with Crippen molar-refractivity contribution in [3.63, 3.8) is 0 Å². The molecular formula is C12H14ClN5O. The van der Waals surface area contributed by atoms with Crippen molar-refractivity contribution in [1.82, 2.24) is 20.1 Å². The normalized spacial score (nSPS) is 10.5. The summed E-state index contributed by atoms with van der Waals surface area (Å²) < 4.78 is 1.71. The van der Waals surface area contributed by atoms with Crippen LogP contribution in [0.1, 0.15) is 21.6 Å². The van der Waals surface area contributed by atoms with Crippen molar-refractivity contribution >= 4 is 23.3 Å². The average molecular weight is 280 g/mol. The maximum absolute atomic E-state index is 11.9. The van der Waals surface area contributed by atoms with Gasteiger partial charge in [0.25, 0.3) is 5.91 Å². The van der Waals surface area contributed by atoms with Gasteiger partial charge in [0.05, 0.1) is 16.3 Å². The zero-order chi connectivity index (χ0) is 14.0. The summed E-state index contributed by atoms with van der Waals surface area (Å²) in [5.74, 6) is -0.0426. The van der Waals surface area contributed by atoms with E-state index in [1.165, 1.54) is 12.3 Å². The number of carbonyl (C=O) groups excluding carboxylic acids is 1. The van der Waals surface area contributed by atoms with Gasteiger partial charge in [-0.1, -0.05) is 11.6 Å². The summed E-state index contributed by atoms with van der Waals surface area (Å²) in [5, 5.41) is 7.26. The van der Waals surface area contributed by atoms with Crippen molar-refractivity contribution in [2.75, 3.05) is 5.73 Å². The number of halogens is 1. The predicted octanol–water partition coefficient (Wildman–Crippen LogP) is 1.29. The third-order valence-corrected chi connectivity index (χ3v) is 2.99. The number of amides is 1. The maximum Gasteiger partial charge on any atom is 0.253 e. The second-order valence-electron chi connectivity index (χ2n) is 4.19. The van der Waals surface area contributed by atoms with E-state index in [1.807, 2.05) is 20.2 Å². The summed E-state index contributed by atoms with van der Waals surface area (Å²) >= 11 is 5.82. The highest BCUT2D eigenvalue weighted by Crippen LogP contribution is 2.16. The quantitative estimate of drug-likeness (QED) is 0.886. The summed E-state index contributed by atoms with van der Waals surface area (Å²) in [6.07, 6.45) is 3.26. The molecule has 0 fully saturated rings. The molecule has 6 nitrogen and oxygen atoms in total. The van der Waals surface area contributed by atoms with E-state index in [0.717, 1.165) is 11.3 Å². The van der Waals surface area contributed by atoms with E-state index < -0.39 is 0 Å². The first-order chi connectivity index (χ1) is 8.97. The third-order valence-electron chi connectivity index (χ3n) is 2.69. The number of pyridine rings is 1. The number of hydrogen-bond donors (Lipinski definition) is 2. The molecule has 2 heterocycles. The summed E-state index contributed by atoms with van der Waals surface area (Å²) in [4.78, 5) is 15.8.